The molecule has 30 heavy (non-hydrogen) atoms. The Morgan fingerprint density at radius 2 is 1.93 bits per heavy atom. The number of aliphatic carboxylic acids is 1. The van der Waals surface area contributed by atoms with Crippen LogP contribution in [-0.2, 0) is 14.4 Å². The van der Waals surface area contributed by atoms with Gasteiger partial charge in [0, 0.05) is 6.42 Å². The van der Waals surface area contributed by atoms with Crippen LogP contribution in [0.1, 0.15) is 40.5 Å². The number of nitrogens with zero attached hydrogens (tertiary/aromatic N) is 2. The number of hydrogen-bond donors (Lipinski definition) is 3. The molecule has 0 aromatic heterocycles. The molecular formula is C19H22FN3O7. The molecule has 1 aromatic carbocycles. The number of rotatable bonds is 6. The Labute approximate surface area is 171 Å². The molecule has 1 saturated heterocycles. The summed E-state index contributed by atoms with van der Waals surface area (Å²) in [5.41, 5.74) is -0.440. The van der Waals surface area contributed by atoms with Gasteiger partial charge in [0.05, 0.1) is 30.8 Å². The molecule has 1 atom stereocenters. The smallest absolute Gasteiger partial charge is 0.317 e. The van der Waals surface area contributed by atoms with Gasteiger partial charge in [-0.2, -0.15) is 0 Å². The highest BCUT2D eigenvalue weighted by atomic mass is 19.1. The molecule has 0 saturated carbocycles. The second kappa shape index (κ2) is 10.0. The average Bonchev–Trinajstić information content (AvgIpc) is 2.96. The maximum Gasteiger partial charge on any atom is 0.317 e. The number of halogens is 1. The van der Waals surface area contributed by atoms with E-state index in [0.717, 1.165) is 11.0 Å². The topological polar surface area (TPSA) is 144 Å². The fourth-order valence-corrected chi connectivity index (χ4v) is 3.17. The number of nitrogens with one attached hydrogen (secondary N) is 1. The van der Waals surface area contributed by atoms with Gasteiger partial charge in [-0.15, -0.1) is 0 Å². The molecular weight excluding hydrogens is 401 g/mol. The molecule has 2 aliphatic heterocycles. The number of carbonyl (C=O) groups excluding carboxylic acids is 4. The lowest BCUT2D eigenvalue weighted by atomic mass is 10.0. The van der Waals surface area contributed by atoms with Gasteiger partial charge >= 0.3 is 5.97 Å². The molecule has 1 unspecified atom stereocenters. The summed E-state index contributed by atoms with van der Waals surface area (Å²) in [6.45, 7) is 2.03. The highest BCUT2D eigenvalue weighted by Gasteiger charge is 2.47. The first-order valence-corrected chi connectivity index (χ1v) is 9.28. The van der Waals surface area contributed by atoms with Crippen LogP contribution >= 0.6 is 0 Å². The van der Waals surface area contributed by atoms with E-state index in [4.69, 9.17) is 10.2 Å². The van der Waals surface area contributed by atoms with Crippen molar-refractivity contribution < 1.29 is 38.6 Å². The van der Waals surface area contributed by atoms with Crippen molar-refractivity contribution in [1.29, 1.82) is 0 Å². The molecule has 162 valence electrons. The third-order valence-corrected chi connectivity index (χ3v) is 4.54. The lowest BCUT2D eigenvalue weighted by Gasteiger charge is -2.34. The summed E-state index contributed by atoms with van der Waals surface area (Å²) < 4.78 is 13.8. The van der Waals surface area contributed by atoms with Crippen LogP contribution in [0, 0.1) is 5.82 Å². The van der Waals surface area contributed by atoms with Crippen molar-refractivity contribution in [2.75, 3.05) is 26.2 Å². The van der Waals surface area contributed by atoms with Crippen LogP contribution in [-0.4, -0.2) is 81.9 Å². The molecule has 4 amide bonds. The van der Waals surface area contributed by atoms with E-state index < -0.39 is 48.1 Å². The molecule has 2 aliphatic rings. The number of likely N-dealkylation sites (N-methyl/N-ethyl adjacent to an activating group) is 1. The number of imide groups is 2. The van der Waals surface area contributed by atoms with E-state index in [0.29, 0.717) is 11.4 Å². The van der Waals surface area contributed by atoms with E-state index in [1.807, 2.05) is 6.92 Å². The second-order valence-corrected chi connectivity index (χ2v) is 6.48. The van der Waals surface area contributed by atoms with Crippen LogP contribution in [0.4, 0.5) is 4.39 Å². The molecule has 1 fully saturated rings. The van der Waals surface area contributed by atoms with Gasteiger partial charge in [0.1, 0.15) is 11.9 Å². The third-order valence-electron chi connectivity index (χ3n) is 4.54. The molecule has 0 radical (unpaired) electrons. The zero-order chi connectivity index (χ0) is 22.4. The predicted octanol–water partition coefficient (Wildman–Crippen LogP) is -0.388. The van der Waals surface area contributed by atoms with E-state index in [-0.39, 0.29) is 37.1 Å². The Morgan fingerprint density at radius 1 is 1.23 bits per heavy atom. The Morgan fingerprint density at radius 3 is 2.47 bits per heavy atom. The maximum absolute atomic E-state index is 13.8. The summed E-state index contributed by atoms with van der Waals surface area (Å²) in [6, 6.07) is 2.54. The van der Waals surface area contributed by atoms with Crippen LogP contribution in [0.2, 0.25) is 0 Å². The third kappa shape index (κ3) is 4.69. The normalized spacial score (nSPS) is 18.3. The van der Waals surface area contributed by atoms with Gasteiger partial charge in [-0.3, -0.25) is 33.8 Å². The number of piperidine rings is 1. The number of amides is 4. The van der Waals surface area contributed by atoms with E-state index in [2.05, 4.69) is 5.32 Å². The average molecular weight is 423 g/mol. The number of aliphatic hydroxyl groups excluding tert-OH is 1. The second-order valence-electron chi connectivity index (χ2n) is 6.48. The lowest BCUT2D eigenvalue weighted by Crippen LogP contribution is -2.56. The molecule has 3 rings (SSSR count). The molecule has 0 bridgehead atoms. The highest BCUT2D eigenvalue weighted by Crippen LogP contribution is 2.30. The summed E-state index contributed by atoms with van der Waals surface area (Å²) in [5, 5.41) is 19.6. The largest absolute Gasteiger partial charge is 0.480 e. The van der Waals surface area contributed by atoms with Gasteiger partial charge in [0.25, 0.3) is 17.7 Å². The van der Waals surface area contributed by atoms with E-state index >= 15 is 0 Å². The first-order chi connectivity index (χ1) is 14.2. The zero-order valence-corrected chi connectivity index (χ0v) is 16.3. The minimum absolute atomic E-state index is 0.00726. The standard InChI is InChI=1S/C15H13FN2O5.C4H9NO2/c16-9-3-1-2-8-12(9)15(23)18(13(8)21)10-4-5-11(20)17(6-7-19)14(10)22;1-2-5-3-4(6)7/h1-3,10,19H,4-7H2;5H,2-3H2,1H3,(H,6,7). The van der Waals surface area contributed by atoms with Crippen molar-refractivity contribution in [1.82, 2.24) is 15.1 Å². The van der Waals surface area contributed by atoms with Gasteiger partial charge in [-0.25, -0.2) is 4.39 Å². The van der Waals surface area contributed by atoms with Crippen molar-refractivity contribution in [2.45, 2.75) is 25.8 Å². The van der Waals surface area contributed by atoms with E-state index in [1.54, 1.807) is 0 Å². The van der Waals surface area contributed by atoms with Gasteiger partial charge in [0.2, 0.25) is 5.91 Å². The SMILES string of the molecule is CCNCC(=O)O.O=C1CCC(N2C(=O)c3cccc(F)c3C2=O)C(=O)N1CCO. The molecule has 0 aliphatic carbocycles. The van der Waals surface area contributed by atoms with Gasteiger partial charge in [-0.05, 0) is 25.1 Å². The van der Waals surface area contributed by atoms with Crippen molar-refractivity contribution >= 4 is 29.6 Å². The number of aliphatic hydroxyl groups is 1. The fourth-order valence-electron chi connectivity index (χ4n) is 3.17. The van der Waals surface area contributed by atoms with Crippen LogP contribution in [0.15, 0.2) is 18.2 Å². The number of carboxylic acids is 1. The van der Waals surface area contributed by atoms with Crippen molar-refractivity contribution in [3.05, 3.63) is 35.1 Å². The number of likely N-dealkylation sites (tertiary alicyclic amines) is 1. The van der Waals surface area contributed by atoms with Crippen molar-refractivity contribution in [3.8, 4) is 0 Å². The zero-order valence-electron chi connectivity index (χ0n) is 16.3. The van der Waals surface area contributed by atoms with Crippen LogP contribution < -0.4 is 5.32 Å². The number of hydrogen-bond acceptors (Lipinski definition) is 7. The van der Waals surface area contributed by atoms with Gasteiger partial charge in [-0.1, -0.05) is 13.0 Å². The first kappa shape index (κ1) is 23.1. The summed E-state index contributed by atoms with van der Waals surface area (Å²) in [4.78, 5) is 60.1. The molecule has 1 aromatic rings. The quantitative estimate of drug-likeness (QED) is 0.525. The van der Waals surface area contributed by atoms with Crippen LogP contribution in [0.25, 0.3) is 0 Å². The number of β-amino-alcohol motifs (C(OH)–C–C–N with tert-alkyl or cyclic N) is 1. The fraction of sp³-hybridized carbons (Fsp3) is 0.421. The minimum Gasteiger partial charge on any atom is -0.480 e. The highest BCUT2D eigenvalue weighted by molar-refractivity contribution is 6.23. The molecule has 10 nitrogen and oxygen atoms in total. The summed E-state index contributed by atoms with van der Waals surface area (Å²) in [6.07, 6.45) is -0.0427. The number of benzene rings is 1. The summed E-state index contributed by atoms with van der Waals surface area (Å²) >= 11 is 0. The minimum atomic E-state index is -1.16. The summed E-state index contributed by atoms with van der Waals surface area (Å²) in [5.74, 6) is -4.45. The van der Waals surface area contributed by atoms with Crippen LogP contribution in [0.5, 0.6) is 0 Å². The lowest BCUT2D eigenvalue weighted by molar-refractivity contribution is -0.152. The number of carboxylic acid groups (broad SMARTS) is 1. The monoisotopic (exact) mass is 423 g/mol. The molecule has 2 heterocycles. The Hall–Kier alpha value is -3.18. The summed E-state index contributed by atoms with van der Waals surface area (Å²) in [7, 11) is 0. The van der Waals surface area contributed by atoms with E-state index in [1.165, 1.54) is 12.1 Å². The number of carbonyl (C=O) groups is 5. The Balaban J connectivity index is 0.000000396. The number of fused-ring (bicyclic) bond motifs is 1. The van der Waals surface area contributed by atoms with E-state index in [9.17, 15) is 28.4 Å². The maximum atomic E-state index is 13.8. The molecule has 3 N–H and O–H groups in total. The van der Waals surface area contributed by atoms with Crippen molar-refractivity contribution in [3.63, 3.8) is 0 Å². The van der Waals surface area contributed by atoms with Gasteiger partial charge < -0.3 is 15.5 Å². The van der Waals surface area contributed by atoms with Crippen molar-refractivity contribution in [2.24, 2.45) is 0 Å². The molecule has 0 spiro atoms. The first-order valence-electron chi connectivity index (χ1n) is 9.28. The Kier molecular flexibility index (Phi) is 7.72. The Bertz CT molecular complexity index is 874. The predicted molar refractivity (Wildman–Crippen MR) is 99.9 cm³/mol. The van der Waals surface area contributed by atoms with Crippen LogP contribution in [0.3, 0.4) is 0 Å². The van der Waals surface area contributed by atoms with Gasteiger partial charge in [0.15, 0.2) is 0 Å². The molecule has 11 heteroatoms.